The van der Waals surface area contributed by atoms with Crippen LogP contribution in [0.5, 0.6) is 0 Å². The molecule has 198 valence electrons. The van der Waals surface area contributed by atoms with E-state index < -0.39 is 12.1 Å². The highest BCUT2D eigenvalue weighted by atomic mass is 16.5. The second-order valence-corrected chi connectivity index (χ2v) is 9.38. The Kier molecular flexibility index (Phi) is 31.6. The molecule has 5 nitrogen and oxygen atoms in total. The monoisotopic (exact) mass is 471 g/mol. The molecule has 0 unspecified atom stereocenters. The van der Waals surface area contributed by atoms with Crippen molar-refractivity contribution in [3.8, 4) is 0 Å². The first-order valence-electron chi connectivity index (χ1n) is 14.2. The summed E-state index contributed by atoms with van der Waals surface area (Å²) in [5.41, 5.74) is 4.89. The lowest BCUT2D eigenvalue weighted by atomic mass is 10.0. The summed E-state index contributed by atoms with van der Waals surface area (Å²) in [5, 5.41) is 8.39. The van der Waals surface area contributed by atoms with Gasteiger partial charge in [0.1, 0.15) is 0 Å². The van der Waals surface area contributed by atoms with Gasteiger partial charge in [-0.15, -0.1) is 0 Å². The number of aliphatic carboxylic acids is 1. The van der Waals surface area contributed by atoms with E-state index in [-0.39, 0.29) is 0 Å². The molecule has 0 radical (unpaired) electrons. The number of hydrogen-bond donors (Lipinski definition) is 2. The summed E-state index contributed by atoms with van der Waals surface area (Å²) in [6.07, 6.45) is 28.1. The van der Waals surface area contributed by atoms with Crippen molar-refractivity contribution in [2.75, 3.05) is 6.61 Å². The minimum atomic E-state index is -0.661. The molecule has 0 aliphatic rings. The summed E-state index contributed by atoms with van der Waals surface area (Å²) in [6, 6.07) is 0. The molecule has 0 aliphatic heterocycles. The average Bonchev–Trinajstić information content (AvgIpc) is 2.78. The van der Waals surface area contributed by atoms with E-state index in [1.807, 2.05) is 0 Å². The van der Waals surface area contributed by atoms with Gasteiger partial charge in [-0.1, -0.05) is 142 Å². The Labute approximate surface area is 205 Å². The molecular weight excluding hydrogens is 414 g/mol. The summed E-state index contributed by atoms with van der Waals surface area (Å²) in [6.45, 7) is 4.96. The zero-order chi connectivity index (χ0) is 24.8. The third-order valence-electron chi connectivity index (χ3n) is 5.99. The van der Waals surface area contributed by atoms with E-state index in [0.29, 0.717) is 13.0 Å². The van der Waals surface area contributed by atoms with Crippen LogP contribution in [0.3, 0.4) is 0 Å². The van der Waals surface area contributed by atoms with Gasteiger partial charge in [0, 0.05) is 6.42 Å². The molecule has 0 saturated carbocycles. The zero-order valence-electron chi connectivity index (χ0n) is 22.2. The average molecular weight is 472 g/mol. The van der Waals surface area contributed by atoms with E-state index >= 15 is 0 Å². The minimum Gasteiger partial charge on any atom is -0.481 e. The van der Waals surface area contributed by atoms with E-state index in [1.54, 1.807) is 0 Å². The van der Waals surface area contributed by atoms with Gasteiger partial charge >= 0.3 is 12.1 Å². The maximum Gasteiger partial charge on any atom is 0.404 e. The molecule has 0 aliphatic carbocycles. The Morgan fingerprint density at radius 1 is 0.545 bits per heavy atom. The Balaban J connectivity index is 0. The number of carbonyl (C=O) groups excluding carboxylic acids is 1. The van der Waals surface area contributed by atoms with E-state index in [9.17, 15) is 9.59 Å². The standard InChI is InChI=1S/C17H35NO2.C11H22O2/c1-2-3-4-5-6-7-8-9-10-11-12-13-14-15-16-20-17(18)19;1-2-3-4-5-6-7-8-9-10-11(12)13/h2-16H2,1H3,(H2,18,19);2-10H2,1H3,(H,12,13). The van der Waals surface area contributed by atoms with Gasteiger partial charge in [-0.3, -0.25) is 4.79 Å². The topological polar surface area (TPSA) is 89.6 Å². The molecular formula is C28H57NO4. The fraction of sp³-hybridized carbons (Fsp3) is 0.929. The second-order valence-electron chi connectivity index (χ2n) is 9.38. The van der Waals surface area contributed by atoms with E-state index in [1.165, 1.54) is 116 Å². The number of carbonyl (C=O) groups is 2. The van der Waals surface area contributed by atoms with E-state index in [4.69, 9.17) is 10.8 Å². The molecule has 0 saturated heterocycles. The lowest BCUT2D eigenvalue weighted by molar-refractivity contribution is -0.137. The van der Waals surface area contributed by atoms with Crippen LogP contribution in [0.1, 0.15) is 162 Å². The van der Waals surface area contributed by atoms with Crippen LogP contribution in [0, 0.1) is 0 Å². The van der Waals surface area contributed by atoms with Crippen molar-refractivity contribution >= 4 is 12.1 Å². The molecule has 0 fully saturated rings. The predicted octanol–water partition coefficient (Wildman–Crippen LogP) is 9.16. The Morgan fingerprint density at radius 3 is 1.15 bits per heavy atom. The number of primary amides is 1. The first-order chi connectivity index (χ1) is 16.0. The highest BCUT2D eigenvalue weighted by molar-refractivity contribution is 5.66. The first kappa shape index (κ1) is 33.9. The van der Waals surface area contributed by atoms with Crippen molar-refractivity contribution in [2.45, 2.75) is 162 Å². The zero-order valence-corrected chi connectivity index (χ0v) is 22.2. The smallest absolute Gasteiger partial charge is 0.404 e. The third kappa shape index (κ3) is 38.3. The predicted molar refractivity (Wildman–Crippen MR) is 141 cm³/mol. The first-order valence-corrected chi connectivity index (χ1v) is 14.2. The van der Waals surface area contributed by atoms with Gasteiger partial charge in [-0.2, -0.15) is 0 Å². The highest BCUT2D eigenvalue weighted by Gasteiger charge is 1.97. The van der Waals surface area contributed by atoms with Gasteiger partial charge < -0.3 is 15.6 Å². The summed E-state index contributed by atoms with van der Waals surface area (Å²) < 4.78 is 4.69. The van der Waals surface area contributed by atoms with Crippen LogP contribution in [0.2, 0.25) is 0 Å². The largest absolute Gasteiger partial charge is 0.481 e. The third-order valence-corrected chi connectivity index (χ3v) is 5.99. The Morgan fingerprint density at radius 2 is 0.848 bits per heavy atom. The number of amides is 1. The van der Waals surface area contributed by atoms with Crippen LogP contribution in [-0.4, -0.2) is 23.8 Å². The fourth-order valence-electron chi connectivity index (χ4n) is 3.88. The number of carboxylic acids is 1. The normalized spacial score (nSPS) is 10.5. The Hall–Kier alpha value is -1.26. The maximum atomic E-state index is 10.3. The number of ether oxygens (including phenoxy) is 1. The molecule has 0 aromatic rings. The van der Waals surface area contributed by atoms with Crippen molar-refractivity contribution in [3.63, 3.8) is 0 Å². The van der Waals surface area contributed by atoms with E-state index in [0.717, 1.165) is 25.7 Å². The van der Waals surface area contributed by atoms with Crippen molar-refractivity contribution in [3.05, 3.63) is 0 Å². The van der Waals surface area contributed by atoms with Crippen LogP contribution in [0.15, 0.2) is 0 Å². The SMILES string of the molecule is CCCCCCCCCCC(=O)O.CCCCCCCCCCCCCCCCOC(N)=O. The second kappa shape index (κ2) is 30.7. The summed E-state index contributed by atoms with van der Waals surface area (Å²) >= 11 is 0. The lowest BCUT2D eigenvalue weighted by Crippen LogP contribution is -2.13. The molecule has 0 aromatic heterocycles. The lowest BCUT2D eigenvalue weighted by Gasteiger charge is -2.03. The highest BCUT2D eigenvalue weighted by Crippen LogP contribution is 2.13. The number of nitrogens with two attached hydrogens (primary N) is 1. The van der Waals surface area contributed by atoms with Crippen LogP contribution in [-0.2, 0) is 9.53 Å². The molecule has 1 amide bonds. The number of hydrogen-bond acceptors (Lipinski definition) is 3. The molecule has 5 heteroatoms. The van der Waals surface area contributed by atoms with Crippen molar-refractivity contribution in [1.82, 2.24) is 0 Å². The number of rotatable bonds is 24. The summed E-state index contributed by atoms with van der Waals surface area (Å²) in [7, 11) is 0. The molecule has 0 spiro atoms. The van der Waals surface area contributed by atoms with Gasteiger partial charge in [0.05, 0.1) is 6.61 Å². The maximum absolute atomic E-state index is 10.3. The number of carboxylic acid groups (broad SMARTS) is 1. The van der Waals surface area contributed by atoms with Gasteiger partial charge in [0.25, 0.3) is 0 Å². The summed E-state index contributed by atoms with van der Waals surface area (Å²) in [5.74, 6) is -0.661. The van der Waals surface area contributed by atoms with Crippen molar-refractivity contribution in [2.24, 2.45) is 5.73 Å². The van der Waals surface area contributed by atoms with Gasteiger partial charge in [-0.25, -0.2) is 4.79 Å². The number of unbranched alkanes of at least 4 members (excludes halogenated alkanes) is 20. The van der Waals surface area contributed by atoms with Gasteiger partial charge in [0.15, 0.2) is 0 Å². The molecule has 3 N–H and O–H groups in total. The molecule has 0 aromatic carbocycles. The minimum absolute atomic E-state index is 0.342. The van der Waals surface area contributed by atoms with Crippen LogP contribution >= 0.6 is 0 Å². The summed E-state index contributed by atoms with van der Waals surface area (Å²) in [4.78, 5) is 20.5. The van der Waals surface area contributed by atoms with Crippen LogP contribution < -0.4 is 5.73 Å². The molecule has 0 atom stereocenters. The van der Waals surface area contributed by atoms with Crippen molar-refractivity contribution < 1.29 is 19.4 Å². The van der Waals surface area contributed by atoms with E-state index in [2.05, 4.69) is 18.6 Å². The van der Waals surface area contributed by atoms with Crippen molar-refractivity contribution in [1.29, 1.82) is 0 Å². The Bertz CT molecular complexity index is 401. The molecule has 33 heavy (non-hydrogen) atoms. The van der Waals surface area contributed by atoms with Crippen LogP contribution in [0.25, 0.3) is 0 Å². The quantitative estimate of drug-likeness (QED) is 0.137. The molecule has 0 rings (SSSR count). The molecule has 0 bridgehead atoms. The van der Waals surface area contributed by atoms with Gasteiger partial charge in [-0.05, 0) is 12.8 Å². The van der Waals surface area contributed by atoms with Crippen LogP contribution in [0.4, 0.5) is 4.79 Å². The fourth-order valence-corrected chi connectivity index (χ4v) is 3.88. The molecule has 0 heterocycles. The van der Waals surface area contributed by atoms with Gasteiger partial charge in [0.2, 0.25) is 0 Å².